The van der Waals surface area contributed by atoms with Gasteiger partial charge in [0, 0.05) is 17.6 Å². The number of amides is 1. The van der Waals surface area contributed by atoms with Crippen molar-refractivity contribution in [2.75, 3.05) is 5.32 Å². The molecule has 1 rings (SSSR count). The first-order chi connectivity index (χ1) is 8.61. The number of benzene rings is 1. The molecule has 1 aromatic carbocycles. The predicted octanol–water partition coefficient (Wildman–Crippen LogP) is 3.38. The second kappa shape index (κ2) is 5.74. The SMILES string of the molecule is Cc1cc(C)c(C)c(NC(=O)CCC(C)(C)N)c1C. The molecule has 0 aliphatic rings. The van der Waals surface area contributed by atoms with Gasteiger partial charge in [-0.25, -0.2) is 0 Å². The summed E-state index contributed by atoms with van der Waals surface area (Å²) in [5, 5.41) is 3.04. The van der Waals surface area contributed by atoms with Gasteiger partial charge in [-0.05, 0) is 70.2 Å². The molecule has 0 spiro atoms. The molecule has 1 aromatic rings. The average molecular weight is 262 g/mol. The molecule has 0 aromatic heterocycles. The second-order valence-electron chi connectivity index (χ2n) is 6.17. The summed E-state index contributed by atoms with van der Waals surface area (Å²) in [4.78, 5) is 12.0. The van der Waals surface area contributed by atoms with Gasteiger partial charge in [0.1, 0.15) is 0 Å². The Hall–Kier alpha value is -1.35. The Bertz CT molecular complexity index is 458. The van der Waals surface area contributed by atoms with Crippen LogP contribution >= 0.6 is 0 Å². The molecule has 0 fully saturated rings. The van der Waals surface area contributed by atoms with Crippen LogP contribution in [0.2, 0.25) is 0 Å². The van der Waals surface area contributed by atoms with E-state index < -0.39 is 0 Å². The molecule has 1 amide bonds. The molecule has 0 bridgehead atoms. The van der Waals surface area contributed by atoms with Crippen molar-refractivity contribution in [3.05, 3.63) is 28.3 Å². The molecule has 0 saturated heterocycles. The van der Waals surface area contributed by atoms with E-state index in [1.54, 1.807) is 0 Å². The summed E-state index contributed by atoms with van der Waals surface area (Å²) in [5.74, 6) is 0.0368. The van der Waals surface area contributed by atoms with Crippen LogP contribution in [0.15, 0.2) is 6.07 Å². The molecule has 3 heteroatoms. The van der Waals surface area contributed by atoms with Crippen LogP contribution in [0.1, 0.15) is 48.9 Å². The number of hydrogen-bond donors (Lipinski definition) is 2. The van der Waals surface area contributed by atoms with Crippen LogP contribution in [0.3, 0.4) is 0 Å². The smallest absolute Gasteiger partial charge is 0.224 e. The van der Waals surface area contributed by atoms with Crippen LogP contribution in [0, 0.1) is 27.7 Å². The lowest BCUT2D eigenvalue weighted by molar-refractivity contribution is -0.116. The van der Waals surface area contributed by atoms with Crippen molar-refractivity contribution < 1.29 is 4.79 Å². The molecule has 0 aliphatic carbocycles. The Kier molecular flexibility index (Phi) is 4.75. The Labute approximate surface area is 116 Å². The molecule has 0 saturated carbocycles. The van der Waals surface area contributed by atoms with E-state index in [1.807, 2.05) is 27.7 Å². The van der Waals surface area contributed by atoms with E-state index in [1.165, 1.54) is 11.1 Å². The van der Waals surface area contributed by atoms with E-state index in [0.717, 1.165) is 16.8 Å². The highest BCUT2D eigenvalue weighted by molar-refractivity contribution is 5.92. The van der Waals surface area contributed by atoms with E-state index in [-0.39, 0.29) is 11.4 Å². The van der Waals surface area contributed by atoms with Gasteiger partial charge in [-0.1, -0.05) is 6.07 Å². The summed E-state index contributed by atoms with van der Waals surface area (Å²) >= 11 is 0. The summed E-state index contributed by atoms with van der Waals surface area (Å²) in [6.45, 7) is 12.1. The van der Waals surface area contributed by atoms with Crippen LogP contribution < -0.4 is 11.1 Å². The fourth-order valence-corrected chi connectivity index (χ4v) is 2.04. The zero-order valence-electron chi connectivity index (χ0n) is 13.0. The number of rotatable bonds is 4. The number of nitrogens with two attached hydrogens (primary N) is 1. The van der Waals surface area contributed by atoms with Crippen molar-refractivity contribution in [3.63, 3.8) is 0 Å². The summed E-state index contributed by atoms with van der Waals surface area (Å²) < 4.78 is 0. The lowest BCUT2D eigenvalue weighted by Gasteiger charge is -2.19. The molecule has 106 valence electrons. The van der Waals surface area contributed by atoms with E-state index in [2.05, 4.69) is 25.2 Å². The molecule has 19 heavy (non-hydrogen) atoms. The summed E-state index contributed by atoms with van der Waals surface area (Å²) in [6.07, 6.45) is 1.14. The minimum atomic E-state index is -0.302. The maximum Gasteiger partial charge on any atom is 0.224 e. The van der Waals surface area contributed by atoms with Gasteiger partial charge in [0.15, 0.2) is 0 Å². The zero-order valence-corrected chi connectivity index (χ0v) is 13.0. The Morgan fingerprint density at radius 1 is 1.16 bits per heavy atom. The van der Waals surface area contributed by atoms with E-state index in [9.17, 15) is 4.79 Å². The van der Waals surface area contributed by atoms with Crippen molar-refractivity contribution in [1.82, 2.24) is 0 Å². The lowest BCUT2D eigenvalue weighted by Crippen LogP contribution is -2.33. The highest BCUT2D eigenvalue weighted by Gasteiger charge is 2.15. The normalized spacial score (nSPS) is 11.5. The lowest BCUT2D eigenvalue weighted by atomic mass is 9.97. The summed E-state index contributed by atoms with van der Waals surface area (Å²) in [5.41, 5.74) is 11.3. The van der Waals surface area contributed by atoms with Gasteiger partial charge in [-0.3, -0.25) is 4.79 Å². The molecular weight excluding hydrogens is 236 g/mol. The summed E-state index contributed by atoms with van der Waals surface area (Å²) in [6, 6.07) is 2.16. The van der Waals surface area contributed by atoms with Crippen molar-refractivity contribution in [2.24, 2.45) is 5.73 Å². The predicted molar refractivity (Wildman–Crippen MR) is 81.5 cm³/mol. The van der Waals surface area contributed by atoms with Crippen LogP contribution in [0.25, 0.3) is 0 Å². The van der Waals surface area contributed by atoms with Gasteiger partial charge < -0.3 is 11.1 Å². The third kappa shape index (κ3) is 4.35. The minimum absolute atomic E-state index is 0.0368. The fourth-order valence-electron chi connectivity index (χ4n) is 2.04. The van der Waals surface area contributed by atoms with Crippen LogP contribution in [-0.4, -0.2) is 11.4 Å². The molecule has 0 aliphatic heterocycles. The highest BCUT2D eigenvalue weighted by atomic mass is 16.1. The van der Waals surface area contributed by atoms with E-state index in [4.69, 9.17) is 5.73 Å². The molecular formula is C16H26N2O. The number of aryl methyl sites for hydroxylation is 2. The Balaban J connectivity index is 2.86. The average Bonchev–Trinajstić information content (AvgIpc) is 2.29. The van der Waals surface area contributed by atoms with Crippen LogP contribution in [0.4, 0.5) is 5.69 Å². The quantitative estimate of drug-likeness (QED) is 0.874. The second-order valence-corrected chi connectivity index (χ2v) is 6.17. The first-order valence-corrected chi connectivity index (χ1v) is 6.78. The van der Waals surface area contributed by atoms with Gasteiger partial charge in [0.2, 0.25) is 5.91 Å². The topological polar surface area (TPSA) is 55.1 Å². The molecule has 0 unspecified atom stereocenters. The van der Waals surface area contributed by atoms with E-state index >= 15 is 0 Å². The molecule has 0 radical (unpaired) electrons. The van der Waals surface area contributed by atoms with Crippen molar-refractivity contribution in [1.29, 1.82) is 0 Å². The van der Waals surface area contributed by atoms with Gasteiger partial charge in [0.25, 0.3) is 0 Å². The van der Waals surface area contributed by atoms with Crippen LogP contribution in [0.5, 0.6) is 0 Å². The number of carbonyl (C=O) groups excluding carboxylic acids is 1. The molecule has 0 heterocycles. The number of hydrogen-bond acceptors (Lipinski definition) is 2. The van der Waals surface area contributed by atoms with Crippen molar-refractivity contribution in [3.8, 4) is 0 Å². The van der Waals surface area contributed by atoms with Gasteiger partial charge in [0.05, 0.1) is 0 Å². The van der Waals surface area contributed by atoms with E-state index in [0.29, 0.717) is 12.8 Å². The van der Waals surface area contributed by atoms with Gasteiger partial charge in [-0.15, -0.1) is 0 Å². The molecule has 0 atom stereocenters. The third-order valence-electron chi connectivity index (χ3n) is 3.63. The largest absolute Gasteiger partial charge is 0.326 e. The maximum atomic E-state index is 12.0. The zero-order chi connectivity index (χ0) is 14.8. The molecule has 3 N–H and O–H groups in total. The minimum Gasteiger partial charge on any atom is -0.326 e. The Morgan fingerprint density at radius 2 is 1.63 bits per heavy atom. The first kappa shape index (κ1) is 15.7. The van der Waals surface area contributed by atoms with Crippen LogP contribution in [-0.2, 0) is 4.79 Å². The Morgan fingerprint density at radius 3 is 2.05 bits per heavy atom. The number of nitrogens with one attached hydrogen (secondary N) is 1. The van der Waals surface area contributed by atoms with Gasteiger partial charge >= 0.3 is 0 Å². The van der Waals surface area contributed by atoms with Gasteiger partial charge in [-0.2, -0.15) is 0 Å². The third-order valence-corrected chi connectivity index (χ3v) is 3.63. The van der Waals surface area contributed by atoms with Crippen molar-refractivity contribution in [2.45, 2.75) is 59.9 Å². The number of carbonyl (C=O) groups is 1. The summed E-state index contributed by atoms with van der Waals surface area (Å²) in [7, 11) is 0. The maximum absolute atomic E-state index is 12.0. The monoisotopic (exact) mass is 262 g/mol. The fraction of sp³-hybridized carbons (Fsp3) is 0.562. The van der Waals surface area contributed by atoms with Crippen molar-refractivity contribution >= 4 is 11.6 Å². The standard InChI is InChI=1S/C16H26N2O/c1-10-9-11(2)13(4)15(12(10)3)18-14(19)7-8-16(5,6)17/h9H,7-8,17H2,1-6H3,(H,18,19). The number of anilines is 1. The highest BCUT2D eigenvalue weighted by Crippen LogP contribution is 2.26. The first-order valence-electron chi connectivity index (χ1n) is 6.78. The molecule has 3 nitrogen and oxygen atoms in total.